The van der Waals surface area contributed by atoms with Gasteiger partial charge in [0.2, 0.25) is 5.91 Å². The molecule has 126 valence electrons. The molecule has 1 aliphatic rings. The number of hydrogen-bond donors (Lipinski definition) is 1. The van der Waals surface area contributed by atoms with Crippen LogP contribution in [-0.2, 0) is 11.3 Å². The summed E-state index contributed by atoms with van der Waals surface area (Å²) in [4.78, 5) is 12.2. The SMILES string of the molecule is O=C1CSC(c2ccc(Br)cc2)c2cnn(Cc3ccccc3)c2N1. The van der Waals surface area contributed by atoms with Crippen LogP contribution >= 0.6 is 27.7 Å². The molecule has 1 unspecified atom stereocenters. The quantitative estimate of drug-likeness (QED) is 0.688. The number of halogens is 1. The van der Waals surface area contributed by atoms with Crippen molar-refractivity contribution in [1.29, 1.82) is 0 Å². The summed E-state index contributed by atoms with van der Waals surface area (Å²) in [6, 6.07) is 18.4. The number of carbonyl (C=O) groups excluding carboxylic acids is 1. The molecule has 0 aliphatic carbocycles. The fourth-order valence-electron chi connectivity index (χ4n) is 2.93. The molecule has 0 saturated heterocycles. The first-order valence-electron chi connectivity index (χ1n) is 7.97. The first-order valence-corrected chi connectivity index (χ1v) is 9.81. The zero-order chi connectivity index (χ0) is 17.2. The number of anilines is 1. The lowest BCUT2D eigenvalue weighted by atomic mass is 10.1. The van der Waals surface area contributed by atoms with Gasteiger partial charge in [0, 0.05) is 10.0 Å². The summed E-state index contributed by atoms with van der Waals surface area (Å²) < 4.78 is 2.92. The third-order valence-electron chi connectivity index (χ3n) is 4.14. The highest BCUT2D eigenvalue weighted by atomic mass is 79.9. The number of thioether (sulfide) groups is 1. The van der Waals surface area contributed by atoms with Crippen molar-refractivity contribution in [3.8, 4) is 0 Å². The van der Waals surface area contributed by atoms with E-state index in [1.54, 1.807) is 11.8 Å². The standard InChI is InChI=1S/C19H16BrN3OS/c20-15-8-6-14(7-9-15)18-16-10-21-23(11-13-4-2-1-3-5-13)19(16)22-17(24)12-25-18/h1-10,18H,11-12H2,(H,22,24). The maximum atomic E-state index is 12.2. The van der Waals surface area contributed by atoms with E-state index in [4.69, 9.17) is 0 Å². The Hall–Kier alpha value is -2.05. The molecule has 0 spiro atoms. The van der Waals surface area contributed by atoms with Gasteiger partial charge in [0.15, 0.2) is 0 Å². The van der Waals surface area contributed by atoms with Gasteiger partial charge in [-0.15, -0.1) is 11.8 Å². The Bertz CT molecular complexity index is 893. The molecule has 1 aliphatic heterocycles. The Morgan fingerprint density at radius 2 is 1.92 bits per heavy atom. The van der Waals surface area contributed by atoms with Crippen LogP contribution < -0.4 is 5.32 Å². The average molecular weight is 414 g/mol. The molecule has 6 heteroatoms. The first-order chi connectivity index (χ1) is 12.2. The lowest BCUT2D eigenvalue weighted by Crippen LogP contribution is -2.16. The topological polar surface area (TPSA) is 46.9 Å². The van der Waals surface area contributed by atoms with Crippen LogP contribution in [0.3, 0.4) is 0 Å². The van der Waals surface area contributed by atoms with Crippen molar-refractivity contribution in [2.24, 2.45) is 0 Å². The highest BCUT2D eigenvalue weighted by molar-refractivity contribution is 9.10. The van der Waals surface area contributed by atoms with Crippen LogP contribution in [0.2, 0.25) is 0 Å². The van der Waals surface area contributed by atoms with Gasteiger partial charge in [0.25, 0.3) is 0 Å². The van der Waals surface area contributed by atoms with Gasteiger partial charge < -0.3 is 5.32 Å². The summed E-state index contributed by atoms with van der Waals surface area (Å²) >= 11 is 5.11. The van der Waals surface area contributed by atoms with E-state index >= 15 is 0 Å². The van der Waals surface area contributed by atoms with E-state index in [0.717, 1.165) is 21.4 Å². The Morgan fingerprint density at radius 1 is 1.16 bits per heavy atom. The Kier molecular flexibility index (Phi) is 4.63. The summed E-state index contributed by atoms with van der Waals surface area (Å²) in [6.07, 6.45) is 1.88. The average Bonchev–Trinajstić information content (AvgIpc) is 2.91. The van der Waals surface area contributed by atoms with Crippen LogP contribution in [0.1, 0.15) is 21.9 Å². The predicted molar refractivity (Wildman–Crippen MR) is 105 cm³/mol. The van der Waals surface area contributed by atoms with E-state index in [0.29, 0.717) is 12.3 Å². The number of amides is 1. The van der Waals surface area contributed by atoms with Gasteiger partial charge in [-0.05, 0) is 23.3 Å². The lowest BCUT2D eigenvalue weighted by Gasteiger charge is -2.14. The van der Waals surface area contributed by atoms with Gasteiger partial charge in [-0.3, -0.25) is 4.79 Å². The summed E-state index contributed by atoms with van der Waals surface area (Å²) in [5, 5.41) is 7.67. The molecule has 0 bridgehead atoms. The van der Waals surface area contributed by atoms with Crippen LogP contribution in [0.5, 0.6) is 0 Å². The summed E-state index contributed by atoms with van der Waals surface area (Å²) in [7, 11) is 0. The monoisotopic (exact) mass is 413 g/mol. The molecule has 2 aromatic carbocycles. The van der Waals surface area contributed by atoms with Crippen molar-refractivity contribution in [3.05, 3.63) is 82.0 Å². The number of hydrogen-bond acceptors (Lipinski definition) is 3. The second-order valence-corrected chi connectivity index (χ2v) is 7.89. The van der Waals surface area contributed by atoms with Crippen molar-refractivity contribution in [3.63, 3.8) is 0 Å². The third-order valence-corrected chi connectivity index (χ3v) is 5.95. The first kappa shape index (κ1) is 16.4. The van der Waals surface area contributed by atoms with Crippen molar-refractivity contribution in [2.45, 2.75) is 11.8 Å². The number of carbonyl (C=O) groups is 1. The number of benzene rings is 2. The molecule has 3 aromatic rings. The molecule has 0 radical (unpaired) electrons. The fourth-order valence-corrected chi connectivity index (χ4v) is 4.29. The fraction of sp³-hybridized carbons (Fsp3) is 0.158. The van der Waals surface area contributed by atoms with Crippen molar-refractivity contribution >= 4 is 39.4 Å². The third kappa shape index (κ3) is 3.50. The largest absolute Gasteiger partial charge is 0.310 e. The van der Waals surface area contributed by atoms with Gasteiger partial charge in [-0.2, -0.15) is 5.10 Å². The summed E-state index contributed by atoms with van der Waals surface area (Å²) in [6.45, 7) is 0.633. The highest BCUT2D eigenvalue weighted by Crippen LogP contribution is 2.41. The molecule has 4 rings (SSSR count). The van der Waals surface area contributed by atoms with E-state index in [2.05, 4.69) is 50.6 Å². The number of nitrogens with one attached hydrogen (secondary N) is 1. The van der Waals surface area contributed by atoms with Crippen LogP contribution in [0.4, 0.5) is 5.82 Å². The molecule has 2 heterocycles. The molecule has 1 aromatic heterocycles. The van der Waals surface area contributed by atoms with Crippen LogP contribution in [0.15, 0.2) is 65.3 Å². The van der Waals surface area contributed by atoms with Gasteiger partial charge in [-0.25, -0.2) is 4.68 Å². The van der Waals surface area contributed by atoms with Gasteiger partial charge in [-0.1, -0.05) is 58.4 Å². The molecule has 0 fully saturated rings. The number of fused-ring (bicyclic) bond motifs is 1. The van der Waals surface area contributed by atoms with Crippen molar-refractivity contribution < 1.29 is 4.79 Å². The maximum Gasteiger partial charge on any atom is 0.235 e. The maximum absolute atomic E-state index is 12.2. The Balaban J connectivity index is 1.72. The van der Waals surface area contributed by atoms with Crippen molar-refractivity contribution in [1.82, 2.24) is 9.78 Å². The molecule has 1 atom stereocenters. The second-order valence-electron chi connectivity index (χ2n) is 5.88. The molecule has 1 amide bonds. The van der Waals surface area contributed by atoms with Crippen LogP contribution in [0, 0.1) is 0 Å². The van der Waals surface area contributed by atoms with E-state index in [1.807, 2.05) is 41.2 Å². The Morgan fingerprint density at radius 3 is 2.68 bits per heavy atom. The molecular formula is C19H16BrN3OS. The van der Waals surface area contributed by atoms with Gasteiger partial charge >= 0.3 is 0 Å². The smallest absolute Gasteiger partial charge is 0.235 e. The number of nitrogens with zero attached hydrogens (tertiary/aromatic N) is 2. The highest BCUT2D eigenvalue weighted by Gasteiger charge is 2.27. The number of rotatable bonds is 3. The van der Waals surface area contributed by atoms with E-state index in [1.165, 1.54) is 5.56 Å². The zero-order valence-electron chi connectivity index (χ0n) is 13.4. The summed E-state index contributed by atoms with van der Waals surface area (Å²) in [5.41, 5.74) is 3.37. The molecule has 1 N–H and O–H groups in total. The summed E-state index contributed by atoms with van der Waals surface area (Å²) in [5.74, 6) is 1.24. The van der Waals surface area contributed by atoms with E-state index < -0.39 is 0 Å². The van der Waals surface area contributed by atoms with Crippen molar-refractivity contribution in [2.75, 3.05) is 11.1 Å². The minimum Gasteiger partial charge on any atom is -0.310 e. The van der Waals surface area contributed by atoms with Gasteiger partial charge in [0.05, 0.1) is 23.7 Å². The molecular weight excluding hydrogens is 398 g/mol. The van der Waals surface area contributed by atoms with E-state index in [9.17, 15) is 4.79 Å². The Labute approximate surface area is 158 Å². The lowest BCUT2D eigenvalue weighted by molar-refractivity contribution is -0.113. The minimum absolute atomic E-state index is 0.0145. The second kappa shape index (κ2) is 7.06. The molecule has 25 heavy (non-hydrogen) atoms. The molecule has 0 saturated carbocycles. The predicted octanol–water partition coefficient (Wildman–Crippen LogP) is 4.47. The normalized spacial score (nSPS) is 16.8. The number of aromatic nitrogens is 2. The zero-order valence-corrected chi connectivity index (χ0v) is 15.8. The minimum atomic E-state index is 0.0145. The van der Waals surface area contributed by atoms with Crippen LogP contribution in [0.25, 0.3) is 0 Å². The van der Waals surface area contributed by atoms with Gasteiger partial charge in [0.1, 0.15) is 5.82 Å². The van der Waals surface area contributed by atoms with Crippen LogP contribution in [-0.4, -0.2) is 21.4 Å². The molecule has 4 nitrogen and oxygen atoms in total. The van der Waals surface area contributed by atoms with E-state index in [-0.39, 0.29) is 11.2 Å².